The van der Waals surface area contributed by atoms with Gasteiger partial charge < -0.3 is 14.2 Å². The second kappa shape index (κ2) is 15.6. The zero-order chi connectivity index (χ0) is 19.6. The van der Waals surface area contributed by atoms with Crippen molar-refractivity contribution in [1.29, 1.82) is 0 Å². The zero-order valence-electron chi connectivity index (χ0n) is 16.1. The number of hydrogen-bond acceptors (Lipinski definition) is 6. The van der Waals surface area contributed by atoms with E-state index in [2.05, 4.69) is 15.0 Å². The van der Waals surface area contributed by atoms with Gasteiger partial charge in [0.25, 0.3) is 0 Å². The molecule has 0 aliphatic carbocycles. The third kappa shape index (κ3) is 11.5. The van der Waals surface area contributed by atoms with Crippen LogP contribution in [0.5, 0.6) is 0 Å². The van der Waals surface area contributed by atoms with Gasteiger partial charge >= 0.3 is 0 Å². The normalized spacial score (nSPS) is 9.44. The number of aromatic nitrogens is 3. The van der Waals surface area contributed by atoms with Crippen molar-refractivity contribution in [2.45, 2.75) is 19.8 Å². The predicted octanol–water partition coefficient (Wildman–Crippen LogP) is 3.68. The number of ether oxygens (including phenoxy) is 3. The van der Waals surface area contributed by atoms with Crippen molar-refractivity contribution in [3.8, 4) is 0 Å². The number of rotatable bonds is 6. The van der Waals surface area contributed by atoms with E-state index >= 15 is 0 Å². The molecule has 0 N–H and O–H groups in total. The molecule has 0 aliphatic heterocycles. The summed E-state index contributed by atoms with van der Waals surface area (Å²) in [4.78, 5) is 12.0. The lowest BCUT2D eigenvalue weighted by molar-refractivity contribution is 0.181. The Balaban J connectivity index is 0.000000202. The fourth-order valence-electron chi connectivity index (χ4n) is 1.91. The first-order chi connectivity index (χ1) is 13.3. The quantitative estimate of drug-likeness (QED) is 0.660. The van der Waals surface area contributed by atoms with Crippen molar-refractivity contribution in [2.75, 3.05) is 21.3 Å². The van der Waals surface area contributed by atoms with Crippen LogP contribution in [0.3, 0.4) is 0 Å². The van der Waals surface area contributed by atoms with E-state index in [0.29, 0.717) is 19.8 Å². The lowest BCUT2D eigenvalue weighted by Gasteiger charge is -1.94. The van der Waals surface area contributed by atoms with E-state index in [0.717, 1.165) is 17.0 Å². The van der Waals surface area contributed by atoms with Crippen LogP contribution in [0.1, 0.15) is 17.0 Å². The molecule has 3 aromatic heterocycles. The van der Waals surface area contributed by atoms with Crippen molar-refractivity contribution in [3.63, 3.8) is 0 Å². The molecule has 3 rings (SSSR count). The number of nitrogens with zero attached hydrogens (tertiary/aromatic N) is 3. The van der Waals surface area contributed by atoms with Gasteiger partial charge in [0.05, 0.1) is 31.2 Å². The maximum Gasteiger partial charge on any atom is 0.0884 e. The molecular weight excluding hydrogens is 342 g/mol. The van der Waals surface area contributed by atoms with Gasteiger partial charge in [-0.25, -0.2) is 0 Å². The van der Waals surface area contributed by atoms with E-state index in [-0.39, 0.29) is 0 Å². The highest BCUT2D eigenvalue weighted by molar-refractivity contribution is 5.06. The van der Waals surface area contributed by atoms with Crippen LogP contribution < -0.4 is 0 Å². The minimum atomic E-state index is 0.598. The molecule has 0 aliphatic rings. The molecular formula is C21H27N3O3. The largest absolute Gasteiger partial charge is 0.380 e. The topological polar surface area (TPSA) is 66.4 Å². The van der Waals surface area contributed by atoms with Crippen LogP contribution in [0.15, 0.2) is 73.3 Å². The molecule has 0 saturated heterocycles. The minimum Gasteiger partial charge on any atom is -0.380 e. The second-order valence-corrected chi connectivity index (χ2v) is 5.30. The third-order valence-electron chi connectivity index (χ3n) is 3.07. The molecule has 0 atom stereocenters. The molecule has 0 radical (unpaired) electrons. The molecule has 0 aromatic carbocycles. The molecule has 6 nitrogen and oxygen atoms in total. The van der Waals surface area contributed by atoms with Gasteiger partial charge in [0.15, 0.2) is 0 Å². The van der Waals surface area contributed by atoms with E-state index in [1.54, 1.807) is 46.1 Å². The Bertz CT molecular complexity index is 584. The van der Waals surface area contributed by atoms with Crippen molar-refractivity contribution in [2.24, 2.45) is 0 Å². The number of hydrogen-bond donors (Lipinski definition) is 0. The van der Waals surface area contributed by atoms with E-state index in [1.807, 2.05) is 48.5 Å². The molecule has 0 spiro atoms. The summed E-state index contributed by atoms with van der Waals surface area (Å²) in [5.74, 6) is 0. The summed E-state index contributed by atoms with van der Waals surface area (Å²) < 4.78 is 14.6. The standard InChI is InChI=1S/3C7H9NO/c1-9-6-7-3-2-4-8-5-7;2*1-9-6-7-4-2-3-5-8-7/h3*2-5H,6H2,1H3. The average molecular weight is 369 g/mol. The average Bonchev–Trinajstić information content (AvgIpc) is 2.72. The van der Waals surface area contributed by atoms with Crippen LogP contribution >= 0.6 is 0 Å². The summed E-state index contributed by atoms with van der Waals surface area (Å²) >= 11 is 0. The monoisotopic (exact) mass is 369 g/mol. The Morgan fingerprint density at radius 2 is 1.19 bits per heavy atom. The smallest absolute Gasteiger partial charge is 0.0884 e. The summed E-state index contributed by atoms with van der Waals surface area (Å²) in [6.45, 7) is 1.84. The number of pyridine rings is 3. The molecule has 0 saturated carbocycles. The molecule has 3 aromatic rings. The first-order valence-corrected chi connectivity index (χ1v) is 8.45. The van der Waals surface area contributed by atoms with Crippen LogP contribution in [-0.2, 0) is 34.0 Å². The third-order valence-corrected chi connectivity index (χ3v) is 3.07. The maximum absolute atomic E-state index is 4.89. The summed E-state index contributed by atoms with van der Waals surface area (Å²) in [6.07, 6.45) is 7.06. The van der Waals surface area contributed by atoms with Gasteiger partial charge in [0.1, 0.15) is 0 Å². The molecule has 0 fully saturated rings. The zero-order valence-corrected chi connectivity index (χ0v) is 16.1. The van der Waals surface area contributed by atoms with Gasteiger partial charge in [-0.05, 0) is 35.9 Å². The molecule has 0 unspecified atom stereocenters. The lowest BCUT2D eigenvalue weighted by atomic mass is 10.3. The Labute approximate surface area is 161 Å². The van der Waals surface area contributed by atoms with Gasteiger partial charge in [-0.2, -0.15) is 0 Å². The van der Waals surface area contributed by atoms with Gasteiger partial charge in [-0.15, -0.1) is 0 Å². The van der Waals surface area contributed by atoms with Crippen LogP contribution in [0.2, 0.25) is 0 Å². The Morgan fingerprint density at radius 3 is 1.56 bits per heavy atom. The fourth-order valence-corrected chi connectivity index (χ4v) is 1.91. The molecule has 27 heavy (non-hydrogen) atoms. The Morgan fingerprint density at radius 1 is 0.630 bits per heavy atom. The van der Waals surface area contributed by atoms with Gasteiger partial charge in [-0.3, -0.25) is 15.0 Å². The minimum absolute atomic E-state index is 0.598. The van der Waals surface area contributed by atoms with Crippen molar-refractivity contribution < 1.29 is 14.2 Å². The summed E-state index contributed by atoms with van der Waals surface area (Å²) in [7, 11) is 5.00. The van der Waals surface area contributed by atoms with Crippen LogP contribution in [0, 0.1) is 0 Å². The van der Waals surface area contributed by atoms with E-state index < -0.39 is 0 Å². The number of methoxy groups -OCH3 is 3. The van der Waals surface area contributed by atoms with Gasteiger partial charge in [-0.1, -0.05) is 18.2 Å². The molecule has 3 heterocycles. The van der Waals surface area contributed by atoms with Crippen LogP contribution in [0.25, 0.3) is 0 Å². The van der Waals surface area contributed by atoms with Gasteiger partial charge in [0.2, 0.25) is 0 Å². The first kappa shape index (κ1) is 22.4. The summed E-state index contributed by atoms with van der Waals surface area (Å²) in [5.41, 5.74) is 3.06. The fraction of sp³-hybridized carbons (Fsp3) is 0.286. The highest BCUT2D eigenvalue weighted by atomic mass is 16.5. The molecule has 0 bridgehead atoms. The summed E-state index contributed by atoms with van der Waals surface area (Å²) in [6, 6.07) is 15.4. The van der Waals surface area contributed by atoms with Gasteiger partial charge in [0, 0.05) is 46.1 Å². The Hall–Kier alpha value is -2.67. The Kier molecular flexibility index (Phi) is 12.9. The molecule has 0 amide bonds. The highest BCUT2D eigenvalue weighted by Crippen LogP contribution is 1.95. The lowest BCUT2D eigenvalue weighted by Crippen LogP contribution is -1.88. The van der Waals surface area contributed by atoms with E-state index in [4.69, 9.17) is 14.2 Å². The SMILES string of the molecule is COCc1ccccn1.COCc1ccccn1.COCc1cccnc1. The van der Waals surface area contributed by atoms with E-state index in [1.165, 1.54) is 0 Å². The second-order valence-electron chi connectivity index (χ2n) is 5.30. The van der Waals surface area contributed by atoms with Crippen molar-refractivity contribution in [1.82, 2.24) is 15.0 Å². The first-order valence-electron chi connectivity index (χ1n) is 8.45. The molecule has 6 heteroatoms. The van der Waals surface area contributed by atoms with Crippen LogP contribution in [0.4, 0.5) is 0 Å². The highest BCUT2D eigenvalue weighted by Gasteiger charge is 1.87. The van der Waals surface area contributed by atoms with Crippen LogP contribution in [-0.4, -0.2) is 36.3 Å². The molecule has 144 valence electrons. The predicted molar refractivity (Wildman–Crippen MR) is 105 cm³/mol. The van der Waals surface area contributed by atoms with Crippen molar-refractivity contribution >= 4 is 0 Å². The maximum atomic E-state index is 4.89. The van der Waals surface area contributed by atoms with Crippen molar-refractivity contribution in [3.05, 3.63) is 90.3 Å². The summed E-state index contributed by atoms with van der Waals surface area (Å²) in [5, 5.41) is 0. The van der Waals surface area contributed by atoms with E-state index in [9.17, 15) is 0 Å².